The Kier molecular flexibility index (Phi) is 2.58. The molecule has 0 bridgehead atoms. The molecule has 0 atom stereocenters. The summed E-state index contributed by atoms with van der Waals surface area (Å²) in [6.45, 7) is 3.61. The first-order valence-corrected chi connectivity index (χ1v) is 3.73. The van der Waals surface area contributed by atoms with E-state index in [1.54, 1.807) is 13.0 Å². The molecule has 0 aliphatic rings. The molecule has 0 N–H and O–H groups in total. The minimum atomic E-state index is -0.542. The van der Waals surface area contributed by atoms with Gasteiger partial charge in [0.1, 0.15) is 11.6 Å². The Morgan fingerprint density at radius 3 is 2.50 bits per heavy atom. The molecular weight excluding hydrogens is 158 g/mol. The molecule has 2 heteroatoms. The molecule has 0 fully saturated rings. The Morgan fingerprint density at radius 1 is 1.33 bits per heavy atom. The number of benzene rings is 1. The van der Waals surface area contributed by atoms with Crippen molar-refractivity contribution in [2.24, 2.45) is 0 Å². The van der Waals surface area contributed by atoms with Crippen LogP contribution in [0.4, 0.5) is 8.78 Å². The van der Waals surface area contributed by atoms with Crippen LogP contribution >= 0.6 is 0 Å². The third kappa shape index (κ3) is 1.70. The first-order chi connectivity index (χ1) is 5.65. The van der Waals surface area contributed by atoms with Crippen LogP contribution in [0.1, 0.15) is 19.4 Å². The van der Waals surface area contributed by atoms with Gasteiger partial charge in [-0.1, -0.05) is 6.08 Å². The summed E-state index contributed by atoms with van der Waals surface area (Å²) in [7, 11) is 0. The van der Waals surface area contributed by atoms with Crippen LogP contribution in [0.3, 0.4) is 0 Å². The zero-order valence-corrected chi connectivity index (χ0v) is 7.07. The predicted octanol–water partition coefficient (Wildman–Crippen LogP) is 3.39. The largest absolute Gasteiger partial charge is 0.207 e. The van der Waals surface area contributed by atoms with Gasteiger partial charge in [0.15, 0.2) is 0 Å². The first kappa shape index (κ1) is 8.91. The van der Waals surface area contributed by atoms with E-state index in [4.69, 9.17) is 0 Å². The molecule has 1 rings (SSSR count). The third-order valence-corrected chi connectivity index (χ3v) is 1.79. The molecular formula is C10H10F2. The second-order valence-corrected chi connectivity index (χ2v) is 2.60. The maximum Gasteiger partial charge on any atom is 0.133 e. The second-order valence-electron chi connectivity index (χ2n) is 2.60. The predicted molar refractivity (Wildman–Crippen MR) is 45.7 cm³/mol. The lowest BCUT2D eigenvalue weighted by atomic mass is 10.1. The summed E-state index contributed by atoms with van der Waals surface area (Å²) in [4.78, 5) is 0. The maximum absolute atomic E-state index is 13.0. The highest BCUT2D eigenvalue weighted by Gasteiger charge is 2.03. The van der Waals surface area contributed by atoms with Gasteiger partial charge in [-0.15, -0.1) is 0 Å². The highest BCUT2D eigenvalue weighted by Crippen LogP contribution is 2.17. The van der Waals surface area contributed by atoms with Gasteiger partial charge in [0.25, 0.3) is 0 Å². The Bertz CT molecular complexity index is 314. The molecule has 1 aromatic rings. The van der Waals surface area contributed by atoms with Crippen molar-refractivity contribution in [3.8, 4) is 0 Å². The molecule has 0 aromatic heterocycles. The molecule has 0 nitrogen and oxygen atoms in total. The van der Waals surface area contributed by atoms with Gasteiger partial charge in [-0.05, 0) is 31.6 Å². The van der Waals surface area contributed by atoms with Gasteiger partial charge in [0, 0.05) is 11.6 Å². The summed E-state index contributed by atoms with van der Waals surface area (Å²) >= 11 is 0. The Balaban J connectivity index is 3.18. The molecule has 0 spiro atoms. The van der Waals surface area contributed by atoms with Crippen molar-refractivity contribution in [2.45, 2.75) is 13.8 Å². The molecule has 0 aliphatic carbocycles. The van der Waals surface area contributed by atoms with Crippen molar-refractivity contribution in [1.82, 2.24) is 0 Å². The van der Waals surface area contributed by atoms with Crippen molar-refractivity contribution in [1.29, 1.82) is 0 Å². The van der Waals surface area contributed by atoms with E-state index < -0.39 is 11.6 Å². The van der Waals surface area contributed by atoms with Gasteiger partial charge in [-0.25, -0.2) is 8.78 Å². The zero-order valence-electron chi connectivity index (χ0n) is 7.07. The monoisotopic (exact) mass is 168 g/mol. The van der Waals surface area contributed by atoms with Crippen molar-refractivity contribution in [3.63, 3.8) is 0 Å². The quantitative estimate of drug-likeness (QED) is 0.603. The summed E-state index contributed by atoms with van der Waals surface area (Å²) in [5.74, 6) is -1.05. The number of allylic oxidation sites excluding steroid dienone is 2. The van der Waals surface area contributed by atoms with Crippen LogP contribution in [-0.4, -0.2) is 0 Å². The molecule has 64 valence electrons. The molecule has 0 amide bonds. The number of hydrogen-bond acceptors (Lipinski definition) is 0. The van der Waals surface area contributed by atoms with Gasteiger partial charge >= 0.3 is 0 Å². The van der Waals surface area contributed by atoms with E-state index in [1.807, 2.05) is 6.92 Å². The van der Waals surface area contributed by atoms with Crippen LogP contribution in [0.2, 0.25) is 0 Å². The van der Waals surface area contributed by atoms with Gasteiger partial charge in [0.05, 0.1) is 0 Å². The average molecular weight is 168 g/mol. The second kappa shape index (κ2) is 3.48. The third-order valence-electron chi connectivity index (χ3n) is 1.79. The standard InChI is InChI=1S/C10H10F2/c1-3-7(2)9-5-4-8(11)6-10(9)12/h3-6H,1-2H3/b7-3+. The number of hydrogen-bond donors (Lipinski definition) is 0. The molecule has 1 aromatic carbocycles. The lowest BCUT2D eigenvalue weighted by molar-refractivity contribution is 0.581. The lowest BCUT2D eigenvalue weighted by Crippen LogP contribution is -1.87. The average Bonchev–Trinajstić information content (AvgIpc) is 2.03. The zero-order chi connectivity index (χ0) is 9.14. The fraction of sp³-hybridized carbons (Fsp3) is 0.200. The normalized spacial score (nSPS) is 11.8. The minimum Gasteiger partial charge on any atom is -0.207 e. The van der Waals surface area contributed by atoms with Crippen molar-refractivity contribution in [2.75, 3.05) is 0 Å². The van der Waals surface area contributed by atoms with Crippen molar-refractivity contribution >= 4 is 5.57 Å². The van der Waals surface area contributed by atoms with Crippen molar-refractivity contribution in [3.05, 3.63) is 41.5 Å². The highest BCUT2D eigenvalue weighted by molar-refractivity contribution is 5.63. The maximum atomic E-state index is 13.0. The van der Waals surface area contributed by atoms with Gasteiger partial charge in [-0.2, -0.15) is 0 Å². The SMILES string of the molecule is C/C=C(\C)c1ccc(F)cc1F. The van der Waals surface area contributed by atoms with E-state index in [2.05, 4.69) is 0 Å². The van der Waals surface area contributed by atoms with Gasteiger partial charge < -0.3 is 0 Å². The van der Waals surface area contributed by atoms with E-state index in [0.717, 1.165) is 11.6 Å². The van der Waals surface area contributed by atoms with Crippen LogP contribution in [0, 0.1) is 11.6 Å². The summed E-state index contributed by atoms with van der Waals surface area (Å²) in [6.07, 6.45) is 1.79. The fourth-order valence-electron chi connectivity index (χ4n) is 0.965. The molecule has 12 heavy (non-hydrogen) atoms. The van der Waals surface area contributed by atoms with E-state index >= 15 is 0 Å². The summed E-state index contributed by atoms with van der Waals surface area (Å²) in [5.41, 5.74) is 1.27. The van der Waals surface area contributed by atoms with E-state index in [0.29, 0.717) is 5.56 Å². The molecule has 0 unspecified atom stereocenters. The Hall–Kier alpha value is -1.18. The molecule has 0 radical (unpaired) electrons. The van der Waals surface area contributed by atoms with Gasteiger partial charge in [-0.3, -0.25) is 0 Å². The minimum absolute atomic E-state index is 0.457. The molecule has 0 aliphatic heterocycles. The summed E-state index contributed by atoms with van der Waals surface area (Å²) in [6, 6.07) is 3.59. The number of rotatable bonds is 1. The van der Waals surface area contributed by atoms with Crippen molar-refractivity contribution < 1.29 is 8.78 Å². The molecule has 0 saturated carbocycles. The van der Waals surface area contributed by atoms with Crippen LogP contribution < -0.4 is 0 Å². The van der Waals surface area contributed by atoms with E-state index in [1.165, 1.54) is 12.1 Å². The lowest BCUT2D eigenvalue weighted by Gasteiger charge is -2.01. The smallest absolute Gasteiger partial charge is 0.133 e. The van der Waals surface area contributed by atoms with Crippen LogP contribution in [-0.2, 0) is 0 Å². The van der Waals surface area contributed by atoms with E-state index in [-0.39, 0.29) is 0 Å². The molecule has 0 heterocycles. The fourth-order valence-corrected chi connectivity index (χ4v) is 0.965. The Labute approximate surface area is 70.5 Å². The number of halogens is 2. The summed E-state index contributed by atoms with van der Waals surface area (Å²) < 4.78 is 25.5. The highest BCUT2D eigenvalue weighted by atomic mass is 19.1. The molecule has 0 saturated heterocycles. The topological polar surface area (TPSA) is 0 Å². The van der Waals surface area contributed by atoms with Crippen LogP contribution in [0.5, 0.6) is 0 Å². The van der Waals surface area contributed by atoms with Crippen LogP contribution in [0.15, 0.2) is 24.3 Å². The summed E-state index contributed by atoms with van der Waals surface area (Å²) in [5, 5.41) is 0. The van der Waals surface area contributed by atoms with Crippen LogP contribution in [0.25, 0.3) is 5.57 Å². The van der Waals surface area contributed by atoms with E-state index in [9.17, 15) is 8.78 Å². The first-order valence-electron chi connectivity index (χ1n) is 3.73. The Morgan fingerprint density at radius 2 is 2.00 bits per heavy atom. The van der Waals surface area contributed by atoms with Gasteiger partial charge in [0.2, 0.25) is 0 Å².